The Bertz CT molecular complexity index is 439. The number of hydrogen-bond acceptors (Lipinski definition) is 2. The van der Waals surface area contributed by atoms with Crippen LogP contribution in [0.1, 0.15) is 19.3 Å². The van der Waals surface area contributed by atoms with Crippen LogP contribution < -0.4 is 4.57 Å². The first-order valence-electron chi connectivity index (χ1n) is 6.00. The number of aromatic nitrogens is 3. The lowest BCUT2D eigenvalue weighted by atomic mass is 10.2. The van der Waals surface area contributed by atoms with Crippen LogP contribution in [-0.4, -0.2) is 15.5 Å². The molecule has 1 aromatic carbocycles. The van der Waals surface area contributed by atoms with E-state index in [1.165, 1.54) is 19.3 Å². The molecule has 3 nitrogen and oxygen atoms in total. The second-order valence-electron chi connectivity index (χ2n) is 4.05. The number of rotatable bonds is 6. The van der Waals surface area contributed by atoms with E-state index in [0.717, 1.165) is 18.0 Å². The van der Waals surface area contributed by atoms with Gasteiger partial charge in [-0.05, 0) is 37.1 Å². The molecule has 0 bridgehead atoms. The Balaban J connectivity index is 1.92. The fraction of sp³-hybridized carbons (Fsp3) is 0.385. The standard InChI is InChI=1S/C13H17N3S/c17-10-6-2-5-9-15-11-14-16(12-15)13-7-3-1-4-8-13/h1,3-4,7-8,11-12H,2,5-6,9-10H2/p+1. The summed E-state index contributed by atoms with van der Waals surface area (Å²) in [6, 6.07) is 10.2. The quantitative estimate of drug-likeness (QED) is 0.473. The lowest BCUT2D eigenvalue weighted by Gasteiger charge is -1.96. The van der Waals surface area contributed by atoms with Crippen LogP contribution in [0.25, 0.3) is 5.69 Å². The van der Waals surface area contributed by atoms with E-state index in [1.54, 1.807) is 0 Å². The van der Waals surface area contributed by atoms with Crippen LogP contribution in [0.15, 0.2) is 43.0 Å². The Morgan fingerprint density at radius 2 is 1.94 bits per heavy atom. The maximum Gasteiger partial charge on any atom is 0.265 e. The van der Waals surface area contributed by atoms with Gasteiger partial charge in [-0.2, -0.15) is 12.6 Å². The van der Waals surface area contributed by atoms with Crippen molar-refractivity contribution < 1.29 is 4.57 Å². The third-order valence-corrected chi connectivity index (χ3v) is 2.99. The van der Waals surface area contributed by atoms with Crippen molar-refractivity contribution in [3.8, 4) is 5.69 Å². The summed E-state index contributed by atoms with van der Waals surface area (Å²) in [5.41, 5.74) is 1.10. The molecule has 0 atom stereocenters. The van der Waals surface area contributed by atoms with Gasteiger partial charge in [-0.1, -0.05) is 22.9 Å². The van der Waals surface area contributed by atoms with Crippen molar-refractivity contribution >= 4 is 12.6 Å². The Morgan fingerprint density at radius 3 is 2.71 bits per heavy atom. The van der Waals surface area contributed by atoms with E-state index in [2.05, 4.69) is 34.4 Å². The summed E-state index contributed by atoms with van der Waals surface area (Å²) in [5, 5.41) is 4.35. The van der Waals surface area contributed by atoms with Gasteiger partial charge in [0.05, 0.1) is 6.54 Å². The van der Waals surface area contributed by atoms with Gasteiger partial charge in [-0.3, -0.25) is 0 Å². The molecule has 17 heavy (non-hydrogen) atoms. The number of benzene rings is 1. The average Bonchev–Trinajstić information content (AvgIpc) is 2.85. The minimum Gasteiger partial charge on any atom is -0.237 e. The molecule has 1 aromatic heterocycles. The Kier molecular flexibility index (Phi) is 4.62. The lowest BCUT2D eigenvalue weighted by molar-refractivity contribution is -0.697. The molecule has 0 unspecified atom stereocenters. The second-order valence-corrected chi connectivity index (χ2v) is 4.50. The first kappa shape index (κ1) is 12.2. The van der Waals surface area contributed by atoms with Crippen molar-refractivity contribution in [2.45, 2.75) is 25.8 Å². The Labute approximate surface area is 108 Å². The highest BCUT2D eigenvalue weighted by Crippen LogP contribution is 2.02. The van der Waals surface area contributed by atoms with Crippen molar-refractivity contribution in [3.05, 3.63) is 43.0 Å². The summed E-state index contributed by atoms with van der Waals surface area (Å²) in [4.78, 5) is 0. The summed E-state index contributed by atoms with van der Waals surface area (Å²) in [6.45, 7) is 1.03. The van der Waals surface area contributed by atoms with Crippen LogP contribution in [0.5, 0.6) is 0 Å². The molecule has 2 aromatic rings. The number of hydrogen-bond donors (Lipinski definition) is 1. The van der Waals surface area contributed by atoms with Gasteiger partial charge in [0.25, 0.3) is 6.33 Å². The van der Waals surface area contributed by atoms with Crippen LogP contribution in [0.2, 0.25) is 0 Å². The monoisotopic (exact) mass is 248 g/mol. The molecule has 0 spiro atoms. The minimum atomic E-state index is 0.980. The van der Waals surface area contributed by atoms with E-state index in [9.17, 15) is 0 Å². The van der Waals surface area contributed by atoms with E-state index in [0.29, 0.717) is 0 Å². The minimum absolute atomic E-state index is 0.980. The van der Waals surface area contributed by atoms with Gasteiger partial charge < -0.3 is 0 Å². The van der Waals surface area contributed by atoms with Crippen molar-refractivity contribution in [1.82, 2.24) is 9.78 Å². The fourth-order valence-corrected chi connectivity index (χ4v) is 1.96. The fourth-order valence-electron chi connectivity index (χ4n) is 1.73. The summed E-state index contributed by atoms with van der Waals surface area (Å²) < 4.78 is 4.03. The topological polar surface area (TPSA) is 21.7 Å². The smallest absolute Gasteiger partial charge is 0.237 e. The molecule has 90 valence electrons. The molecule has 1 heterocycles. The predicted octanol–water partition coefficient (Wildman–Crippen LogP) is 2.26. The highest BCUT2D eigenvalue weighted by Gasteiger charge is 2.06. The molecule has 0 radical (unpaired) electrons. The lowest BCUT2D eigenvalue weighted by Crippen LogP contribution is -2.30. The van der Waals surface area contributed by atoms with Gasteiger partial charge in [0.2, 0.25) is 6.33 Å². The summed E-state index contributed by atoms with van der Waals surface area (Å²) in [5.74, 6) is 0.980. The van der Waals surface area contributed by atoms with E-state index in [4.69, 9.17) is 0 Å². The Hall–Kier alpha value is -1.29. The molecule has 0 saturated heterocycles. The van der Waals surface area contributed by atoms with E-state index in [-0.39, 0.29) is 0 Å². The second kappa shape index (κ2) is 6.45. The predicted molar refractivity (Wildman–Crippen MR) is 71.5 cm³/mol. The molecule has 0 amide bonds. The van der Waals surface area contributed by atoms with Crippen molar-refractivity contribution in [1.29, 1.82) is 0 Å². The molecule has 0 saturated carbocycles. The maximum atomic E-state index is 4.35. The molecule has 0 aliphatic carbocycles. The van der Waals surface area contributed by atoms with Crippen LogP contribution in [-0.2, 0) is 6.54 Å². The van der Waals surface area contributed by atoms with Gasteiger partial charge in [-0.25, -0.2) is 4.57 Å². The van der Waals surface area contributed by atoms with Crippen molar-refractivity contribution in [2.75, 3.05) is 5.75 Å². The van der Waals surface area contributed by atoms with Crippen molar-refractivity contribution in [3.63, 3.8) is 0 Å². The number of nitrogens with zero attached hydrogens (tertiary/aromatic N) is 3. The molecule has 0 fully saturated rings. The molecule has 0 aliphatic heterocycles. The SMILES string of the molecule is SCCCCC[n+]1cnn(-c2ccccc2)c1. The molecular weight excluding hydrogens is 230 g/mol. The third-order valence-electron chi connectivity index (χ3n) is 2.68. The van der Waals surface area contributed by atoms with Gasteiger partial charge >= 0.3 is 0 Å². The number of para-hydroxylation sites is 1. The molecule has 0 aliphatic rings. The summed E-state index contributed by atoms with van der Waals surface area (Å²) >= 11 is 4.21. The van der Waals surface area contributed by atoms with E-state index < -0.39 is 0 Å². The highest BCUT2D eigenvalue weighted by atomic mass is 32.1. The Morgan fingerprint density at radius 1 is 1.12 bits per heavy atom. The zero-order valence-electron chi connectivity index (χ0n) is 9.87. The molecular formula is C13H18N3S+. The summed E-state index contributed by atoms with van der Waals surface area (Å²) in [6.07, 6.45) is 7.53. The maximum absolute atomic E-state index is 4.35. The van der Waals surface area contributed by atoms with Crippen molar-refractivity contribution in [2.24, 2.45) is 0 Å². The number of unbranched alkanes of at least 4 members (excludes halogenated alkanes) is 2. The number of thiol groups is 1. The van der Waals surface area contributed by atoms with E-state index in [1.807, 2.05) is 35.5 Å². The van der Waals surface area contributed by atoms with Crippen LogP contribution >= 0.6 is 12.6 Å². The number of aryl methyl sites for hydroxylation is 1. The van der Waals surface area contributed by atoms with Crippen LogP contribution in [0, 0.1) is 0 Å². The first-order chi connectivity index (χ1) is 8.40. The third kappa shape index (κ3) is 3.60. The van der Waals surface area contributed by atoms with Gasteiger partial charge in [0, 0.05) is 5.10 Å². The van der Waals surface area contributed by atoms with Crippen LogP contribution in [0.4, 0.5) is 0 Å². The first-order valence-corrected chi connectivity index (χ1v) is 6.63. The highest BCUT2D eigenvalue weighted by molar-refractivity contribution is 7.80. The zero-order chi connectivity index (χ0) is 11.9. The molecule has 0 N–H and O–H groups in total. The van der Waals surface area contributed by atoms with Gasteiger partial charge in [0.1, 0.15) is 5.69 Å². The largest absolute Gasteiger partial charge is 0.265 e. The van der Waals surface area contributed by atoms with E-state index >= 15 is 0 Å². The van der Waals surface area contributed by atoms with Crippen LogP contribution in [0.3, 0.4) is 0 Å². The average molecular weight is 248 g/mol. The molecule has 4 heteroatoms. The van der Waals surface area contributed by atoms with Gasteiger partial charge in [0.15, 0.2) is 0 Å². The zero-order valence-corrected chi connectivity index (χ0v) is 10.8. The van der Waals surface area contributed by atoms with Gasteiger partial charge in [-0.15, -0.1) is 0 Å². The summed E-state index contributed by atoms with van der Waals surface area (Å²) in [7, 11) is 0. The molecule has 2 rings (SSSR count). The normalized spacial score (nSPS) is 10.6.